The Balaban J connectivity index is 2.55. The molecule has 3 nitrogen and oxygen atoms in total. The minimum atomic E-state index is 0.109. The highest BCUT2D eigenvalue weighted by atomic mass is 16.2. The molecule has 1 aliphatic rings. The predicted molar refractivity (Wildman–Crippen MR) is 53.1 cm³/mol. The average Bonchev–Trinajstić information content (AvgIpc) is 2.12. The van der Waals surface area contributed by atoms with Crippen molar-refractivity contribution in [2.75, 3.05) is 23.8 Å². The second kappa shape index (κ2) is 2.76. The van der Waals surface area contributed by atoms with Gasteiger partial charge in [0.1, 0.15) is 0 Å². The van der Waals surface area contributed by atoms with E-state index in [1.54, 1.807) is 11.9 Å². The lowest BCUT2D eigenvalue weighted by molar-refractivity contribution is -0.116. The van der Waals surface area contributed by atoms with Crippen molar-refractivity contribution in [3.05, 3.63) is 23.8 Å². The number of carbonyl (C=O) groups is 1. The van der Waals surface area contributed by atoms with E-state index in [4.69, 9.17) is 0 Å². The highest BCUT2D eigenvalue weighted by Crippen LogP contribution is 2.30. The fourth-order valence-corrected chi connectivity index (χ4v) is 1.58. The Morgan fingerprint density at radius 1 is 1.46 bits per heavy atom. The van der Waals surface area contributed by atoms with Gasteiger partial charge in [-0.25, -0.2) is 0 Å². The number of hydrogen-bond donors (Lipinski definition) is 1. The second-order valence-corrected chi connectivity index (χ2v) is 3.28. The molecule has 0 bridgehead atoms. The minimum Gasteiger partial charge on any atom is -0.374 e. The van der Waals surface area contributed by atoms with Crippen LogP contribution in [0.25, 0.3) is 0 Å². The van der Waals surface area contributed by atoms with Crippen LogP contribution in [-0.4, -0.2) is 19.5 Å². The Morgan fingerprint density at radius 3 is 3.00 bits per heavy atom. The largest absolute Gasteiger partial charge is 0.374 e. The molecule has 0 saturated carbocycles. The van der Waals surface area contributed by atoms with Crippen molar-refractivity contribution in [2.45, 2.75) is 6.92 Å². The maximum atomic E-state index is 11.3. The van der Waals surface area contributed by atoms with Crippen LogP contribution in [0.15, 0.2) is 18.2 Å². The fourth-order valence-electron chi connectivity index (χ4n) is 1.58. The van der Waals surface area contributed by atoms with Crippen molar-refractivity contribution in [1.82, 2.24) is 0 Å². The number of likely N-dealkylation sites (N-methyl/N-ethyl adjacent to an activating group) is 1. The Bertz CT molecular complexity index is 360. The van der Waals surface area contributed by atoms with E-state index in [0.29, 0.717) is 6.54 Å². The molecule has 1 aliphatic heterocycles. The topological polar surface area (TPSA) is 32.3 Å². The number of hydrogen-bond acceptors (Lipinski definition) is 2. The first-order chi connectivity index (χ1) is 6.20. The number of nitrogens with zero attached hydrogens (tertiary/aromatic N) is 1. The maximum Gasteiger partial charge on any atom is 0.246 e. The zero-order valence-electron chi connectivity index (χ0n) is 7.79. The highest BCUT2D eigenvalue weighted by Gasteiger charge is 2.20. The van der Waals surface area contributed by atoms with Gasteiger partial charge in [0.2, 0.25) is 5.91 Å². The molecule has 0 aromatic heterocycles. The number of rotatable bonds is 0. The monoisotopic (exact) mass is 176 g/mol. The number of aryl methyl sites for hydroxylation is 1. The summed E-state index contributed by atoms with van der Waals surface area (Å²) in [6.45, 7) is 2.43. The number of carbonyl (C=O) groups excluding carboxylic acids is 1. The van der Waals surface area contributed by atoms with E-state index >= 15 is 0 Å². The summed E-state index contributed by atoms with van der Waals surface area (Å²) in [5, 5.41) is 3.12. The number of anilines is 2. The van der Waals surface area contributed by atoms with Crippen molar-refractivity contribution in [3.8, 4) is 0 Å². The number of amides is 1. The van der Waals surface area contributed by atoms with Crippen LogP contribution in [0.1, 0.15) is 5.56 Å². The molecule has 13 heavy (non-hydrogen) atoms. The van der Waals surface area contributed by atoms with Crippen LogP contribution in [0.4, 0.5) is 11.4 Å². The van der Waals surface area contributed by atoms with Gasteiger partial charge in [-0.05, 0) is 18.6 Å². The van der Waals surface area contributed by atoms with Gasteiger partial charge in [0.15, 0.2) is 0 Å². The fraction of sp³-hybridized carbons (Fsp3) is 0.300. The molecule has 0 fully saturated rings. The van der Waals surface area contributed by atoms with E-state index < -0.39 is 0 Å². The van der Waals surface area contributed by atoms with Crippen LogP contribution in [0, 0.1) is 6.92 Å². The van der Waals surface area contributed by atoms with Gasteiger partial charge in [0.25, 0.3) is 0 Å². The molecular formula is C10H12N2O. The molecule has 0 radical (unpaired) electrons. The van der Waals surface area contributed by atoms with Gasteiger partial charge in [-0.15, -0.1) is 0 Å². The van der Waals surface area contributed by atoms with Crippen molar-refractivity contribution >= 4 is 17.3 Å². The first-order valence-electron chi connectivity index (χ1n) is 4.30. The van der Waals surface area contributed by atoms with E-state index in [0.717, 1.165) is 11.4 Å². The Labute approximate surface area is 77.4 Å². The summed E-state index contributed by atoms with van der Waals surface area (Å²) < 4.78 is 0. The molecule has 1 heterocycles. The second-order valence-electron chi connectivity index (χ2n) is 3.28. The van der Waals surface area contributed by atoms with Gasteiger partial charge in [-0.1, -0.05) is 12.1 Å². The quantitative estimate of drug-likeness (QED) is 0.647. The van der Waals surface area contributed by atoms with Crippen molar-refractivity contribution < 1.29 is 4.79 Å². The summed E-state index contributed by atoms with van der Waals surface area (Å²) in [7, 11) is 1.81. The van der Waals surface area contributed by atoms with E-state index in [2.05, 4.69) is 5.32 Å². The van der Waals surface area contributed by atoms with E-state index in [9.17, 15) is 4.79 Å². The van der Waals surface area contributed by atoms with E-state index in [1.807, 2.05) is 25.1 Å². The van der Waals surface area contributed by atoms with Gasteiger partial charge in [-0.2, -0.15) is 0 Å². The Kier molecular flexibility index (Phi) is 1.72. The molecule has 0 saturated heterocycles. The van der Waals surface area contributed by atoms with Crippen LogP contribution < -0.4 is 10.2 Å². The van der Waals surface area contributed by atoms with Crippen molar-refractivity contribution in [3.63, 3.8) is 0 Å². The normalized spacial score (nSPS) is 15.2. The molecule has 0 atom stereocenters. The molecule has 2 rings (SSSR count). The molecular weight excluding hydrogens is 164 g/mol. The van der Waals surface area contributed by atoms with Gasteiger partial charge >= 0.3 is 0 Å². The number of benzene rings is 1. The third-order valence-corrected chi connectivity index (χ3v) is 2.40. The Hall–Kier alpha value is -1.51. The summed E-state index contributed by atoms with van der Waals surface area (Å²) in [6, 6.07) is 5.95. The van der Waals surface area contributed by atoms with Gasteiger partial charge in [0.05, 0.1) is 17.9 Å². The molecule has 0 spiro atoms. The van der Waals surface area contributed by atoms with E-state index in [1.165, 1.54) is 5.56 Å². The first-order valence-corrected chi connectivity index (χ1v) is 4.30. The van der Waals surface area contributed by atoms with E-state index in [-0.39, 0.29) is 5.91 Å². The lowest BCUT2D eigenvalue weighted by Crippen LogP contribution is -2.37. The van der Waals surface area contributed by atoms with Gasteiger partial charge in [0, 0.05) is 7.05 Å². The molecule has 1 N–H and O–H groups in total. The summed E-state index contributed by atoms with van der Waals surface area (Å²) >= 11 is 0. The molecule has 3 heteroatoms. The smallest absolute Gasteiger partial charge is 0.246 e. The van der Waals surface area contributed by atoms with Crippen LogP contribution >= 0.6 is 0 Å². The molecule has 68 valence electrons. The lowest BCUT2D eigenvalue weighted by Gasteiger charge is -2.27. The summed E-state index contributed by atoms with van der Waals surface area (Å²) in [5.74, 6) is 0.109. The molecule has 0 aliphatic carbocycles. The molecule has 0 unspecified atom stereocenters. The first kappa shape index (κ1) is 8.10. The van der Waals surface area contributed by atoms with Crippen LogP contribution in [0.2, 0.25) is 0 Å². The van der Waals surface area contributed by atoms with Crippen molar-refractivity contribution in [1.29, 1.82) is 0 Å². The number of nitrogens with one attached hydrogen (secondary N) is 1. The van der Waals surface area contributed by atoms with Crippen LogP contribution in [-0.2, 0) is 4.79 Å². The van der Waals surface area contributed by atoms with Crippen LogP contribution in [0.5, 0.6) is 0 Å². The summed E-state index contributed by atoms with van der Waals surface area (Å²) in [4.78, 5) is 13.0. The SMILES string of the molecule is Cc1cccc2c1NCC(=O)N2C. The third kappa shape index (κ3) is 1.16. The summed E-state index contributed by atoms with van der Waals surface area (Å²) in [6.07, 6.45) is 0. The van der Waals surface area contributed by atoms with Crippen LogP contribution in [0.3, 0.4) is 0 Å². The molecule has 1 amide bonds. The average molecular weight is 176 g/mol. The number of para-hydroxylation sites is 1. The molecule has 1 aromatic rings. The Morgan fingerprint density at radius 2 is 2.23 bits per heavy atom. The predicted octanol–water partition coefficient (Wildman–Crippen LogP) is 1.38. The molecule has 1 aromatic carbocycles. The zero-order valence-corrected chi connectivity index (χ0v) is 7.79. The van der Waals surface area contributed by atoms with Crippen molar-refractivity contribution in [2.24, 2.45) is 0 Å². The standard InChI is InChI=1S/C10H12N2O/c1-7-4-3-5-8-10(7)11-6-9(13)12(8)2/h3-5,11H,6H2,1-2H3. The third-order valence-electron chi connectivity index (χ3n) is 2.40. The number of fused-ring (bicyclic) bond motifs is 1. The summed E-state index contributed by atoms with van der Waals surface area (Å²) in [5.41, 5.74) is 3.22. The highest BCUT2D eigenvalue weighted by molar-refractivity contribution is 6.02. The van der Waals surface area contributed by atoms with Gasteiger partial charge in [-0.3, -0.25) is 4.79 Å². The maximum absolute atomic E-state index is 11.3. The minimum absolute atomic E-state index is 0.109. The zero-order chi connectivity index (χ0) is 9.42. The lowest BCUT2D eigenvalue weighted by atomic mass is 10.1. The van der Waals surface area contributed by atoms with Gasteiger partial charge < -0.3 is 10.2 Å².